The summed E-state index contributed by atoms with van der Waals surface area (Å²) < 4.78 is 15.4. The lowest BCUT2D eigenvalue weighted by molar-refractivity contribution is -0.124. The Morgan fingerprint density at radius 2 is 1.76 bits per heavy atom. The van der Waals surface area contributed by atoms with Gasteiger partial charge in [0.15, 0.2) is 0 Å². The van der Waals surface area contributed by atoms with Gasteiger partial charge in [-0.3, -0.25) is 14.3 Å². The van der Waals surface area contributed by atoms with E-state index in [0.717, 1.165) is 58.8 Å². The number of pyridine rings is 1. The van der Waals surface area contributed by atoms with Crippen LogP contribution < -0.4 is 4.90 Å². The first-order valence-electron chi connectivity index (χ1n) is 9.59. The molecule has 1 aliphatic rings. The van der Waals surface area contributed by atoms with Gasteiger partial charge in [-0.2, -0.15) is 5.10 Å². The minimum absolute atomic E-state index is 0.281. The molecule has 2 aromatic heterocycles. The van der Waals surface area contributed by atoms with Gasteiger partial charge in [-0.15, -0.1) is 0 Å². The van der Waals surface area contributed by atoms with Crippen molar-refractivity contribution in [3.63, 3.8) is 0 Å². The van der Waals surface area contributed by atoms with E-state index in [0.29, 0.717) is 0 Å². The molecule has 0 atom stereocenters. The first-order valence-corrected chi connectivity index (χ1v) is 9.59. The summed E-state index contributed by atoms with van der Waals surface area (Å²) in [5.41, 5.74) is 4.44. The van der Waals surface area contributed by atoms with Gasteiger partial charge in [0.2, 0.25) is 11.8 Å². The lowest BCUT2D eigenvalue weighted by Crippen LogP contribution is -2.33. The first kappa shape index (κ1) is 19.0. The van der Waals surface area contributed by atoms with Crippen LogP contribution in [0.2, 0.25) is 0 Å². The molecule has 0 unspecified atom stereocenters. The third-order valence-corrected chi connectivity index (χ3v) is 5.10. The second kappa shape index (κ2) is 7.58. The van der Waals surface area contributed by atoms with E-state index in [9.17, 15) is 14.0 Å². The smallest absolute Gasteiger partial charge is 0.231 e. The Kier molecular flexibility index (Phi) is 4.96. The molecule has 0 spiro atoms. The number of hydrogen-bond donors (Lipinski definition) is 0. The second-order valence-corrected chi connectivity index (χ2v) is 7.13. The van der Waals surface area contributed by atoms with Crippen molar-refractivity contribution in [2.75, 3.05) is 4.90 Å². The van der Waals surface area contributed by atoms with Crippen molar-refractivity contribution >= 4 is 17.6 Å². The normalized spacial score (nSPS) is 13.1. The average Bonchev–Trinajstić information content (AvgIpc) is 3.08. The van der Waals surface area contributed by atoms with Crippen molar-refractivity contribution in [1.29, 1.82) is 0 Å². The highest BCUT2D eigenvalue weighted by atomic mass is 19.1. The van der Waals surface area contributed by atoms with E-state index in [4.69, 9.17) is 5.10 Å². The van der Waals surface area contributed by atoms with E-state index < -0.39 is 11.8 Å². The molecule has 2 amide bonds. The van der Waals surface area contributed by atoms with E-state index in [1.165, 1.54) is 26.0 Å². The summed E-state index contributed by atoms with van der Waals surface area (Å²) in [6.45, 7) is 3.50. The van der Waals surface area contributed by atoms with Crippen molar-refractivity contribution in [2.45, 2.75) is 39.7 Å². The van der Waals surface area contributed by atoms with Crippen LogP contribution in [0.1, 0.15) is 32.4 Å². The van der Waals surface area contributed by atoms with Crippen LogP contribution >= 0.6 is 0 Å². The third kappa shape index (κ3) is 3.55. The van der Waals surface area contributed by atoms with Crippen LogP contribution in [-0.2, 0) is 22.6 Å². The molecule has 29 heavy (non-hydrogen) atoms. The number of nitrogens with zero attached hydrogens (tertiary/aromatic N) is 4. The minimum Gasteiger partial charge on any atom is -0.274 e. The lowest BCUT2D eigenvalue weighted by atomic mass is 9.96. The molecule has 0 aliphatic carbocycles. The quantitative estimate of drug-likeness (QED) is 0.676. The van der Waals surface area contributed by atoms with Crippen LogP contribution in [0.5, 0.6) is 0 Å². The summed E-state index contributed by atoms with van der Waals surface area (Å²) in [7, 11) is 0. The predicted molar refractivity (Wildman–Crippen MR) is 108 cm³/mol. The number of imide groups is 1. The Balaban J connectivity index is 1.90. The SMILES string of the molecule is CC(=O)N(C(C)=O)c1cc(-c2c(-c3ccc(F)cc3)nn3c2CCCC3)ccn1. The van der Waals surface area contributed by atoms with Crippen molar-refractivity contribution in [3.8, 4) is 22.4 Å². The number of carbonyl (C=O) groups is 2. The Hall–Kier alpha value is -3.35. The zero-order valence-electron chi connectivity index (χ0n) is 16.4. The number of benzene rings is 1. The van der Waals surface area contributed by atoms with E-state index in [2.05, 4.69) is 4.98 Å². The third-order valence-electron chi connectivity index (χ3n) is 5.10. The van der Waals surface area contributed by atoms with E-state index >= 15 is 0 Å². The number of hydrogen-bond acceptors (Lipinski definition) is 4. The number of fused-ring (bicyclic) bond motifs is 1. The van der Waals surface area contributed by atoms with Gasteiger partial charge in [-0.05, 0) is 61.2 Å². The van der Waals surface area contributed by atoms with E-state index in [-0.39, 0.29) is 11.6 Å². The molecule has 1 aromatic carbocycles. The molecule has 1 aliphatic heterocycles. The van der Waals surface area contributed by atoms with Crippen LogP contribution in [0.3, 0.4) is 0 Å². The number of carbonyl (C=O) groups excluding carboxylic acids is 2. The van der Waals surface area contributed by atoms with Gasteiger partial charge in [0, 0.05) is 43.4 Å². The molecule has 3 heterocycles. The lowest BCUT2D eigenvalue weighted by Gasteiger charge is -2.18. The fraction of sp³-hybridized carbons (Fsp3) is 0.273. The maximum absolute atomic E-state index is 13.4. The highest BCUT2D eigenvalue weighted by molar-refractivity contribution is 6.12. The predicted octanol–water partition coefficient (Wildman–Crippen LogP) is 3.99. The summed E-state index contributed by atoms with van der Waals surface area (Å²) in [5, 5.41) is 4.80. The van der Waals surface area contributed by atoms with Gasteiger partial charge >= 0.3 is 0 Å². The number of anilines is 1. The standard InChI is InChI=1S/C22H21FN4O2/c1-14(28)27(15(2)29)20-13-17(10-11-24-20)21-19-5-3-4-12-26(19)25-22(21)16-6-8-18(23)9-7-16/h6-11,13H,3-5,12H2,1-2H3. The van der Waals surface area contributed by atoms with Gasteiger partial charge in [-0.25, -0.2) is 14.3 Å². The van der Waals surface area contributed by atoms with Crippen LogP contribution in [0.4, 0.5) is 10.2 Å². The second-order valence-electron chi connectivity index (χ2n) is 7.13. The number of rotatable bonds is 3. The van der Waals surface area contributed by atoms with E-state index in [1.807, 2.05) is 10.7 Å². The van der Waals surface area contributed by atoms with Gasteiger partial charge < -0.3 is 0 Å². The highest BCUT2D eigenvalue weighted by Gasteiger charge is 2.24. The zero-order chi connectivity index (χ0) is 20.5. The first-order chi connectivity index (χ1) is 14.0. The fourth-order valence-electron chi connectivity index (χ4n) is 3.84. The molecule has 0 saturated heterocycles. The molecule has 0 radical (unpaired) electrons. The number of aryl methyl sites for hydroxylation is 1. The molecule has 0 saturated carbocycles. The maximum Gasteiger partial charge on any atom is 0.231 e. The highest BCUT2D eigenvalue weighted by Crippen LogP contribution is 2.37. The van der Waals surface area contributed by atoms with Crippen molar-refractivity contribution < 1.29 is 14.0 Å². The molecule has 6 nitrogen and oxygen atoms in total. The summed E-state index contributed by atoms with van der Waals surface area (Å²) >= 11 is 0. The van der Waals surface area contributed by atoms with Crippen LogP contribution in [0, 0.1) is 5.82 Å². The molecule has 3 aromatic rings. The number of amides is 2. The molecule has 0 N–H and O–H groups in total. The van der Waals surface area contributed by atoms with Crippen LogP contribution in [0.15, 0.2) is 42.6 Å². The Morgan fingerprint density at radius 1 is 1.03 bits per heavy atom. The summed E-state index contributed by atoms with van der Waals surface area (Å²) in [6, 6.07) is 9.86. The summed E-state index contributed by atoms with van der Waals surface area (Å²) in [4.78, 5) is 29.2. The van der Waals surface area contributed by atoms with Gasteiger partial charge in [-0.1, -0.05) is 0 Å². The van der Waals surface area contributed by atoms with Crippen molar-refractivity contribution in [3.05, 3.63) is 54.1 Å². The summed E-state index contributed by atoms with van der Waals surface area (Å²) in [5.74, 6) is -0.803. The fourth-order valence-corrected chi connectivity index (χ4v) is 3.84. The number of halogens is 1. The molecule has 7 heteroatoms. The Bertz CT molecular complexity index is 1070. The Morgan fingerprint density at radius 3 is 2.45 bits per heavy atom. The van der Waals surface area contributed by atoms with Crippen LogP contribution in [-0.4, -0.2) is 26.6 Å². The van der Waals surface area contributed by atoms with Gasteiger partial charge in [0.05, 0.1) is 0 Å². The minimum atomic E-state index is -0.391. The molecular formula is C22H21FN4O2. The maximum atomic E-state index is 13.4. The molecule has 0 fully saturated rings. The monoisotopic (exact) mass is 392 g/mol. The topological polar surface area (TPSA) is 68.1 Å². The Labute approximate surface area is 168 Å². The zero-order valence-corrected chi connectivity index (χ0v) is 16.4. The number of aromatic nitrogens is 3. The van der Waals surface area contributed by atoms with Crippen LogP contribution in [0.25, 0.3) is 22.4 Å². The molecular weight excluding hydrogens is 371 g/mol. The molecule has 148 valence electrons. The molecule has 0 bridgehead atoms. The van der Waals surface area contributed by atoms with Gasteiger partial charge in [0.1, 0.15) is 17.3 Å². The molecule has 4 rings (SSSR count). The van der Waals surface area contributed by atoms with Gasteiger partial charge in [0.25, 0.3) is 0 Å². The van der Waals surface area contributed by atoms with Crippen molar-refractivity contribution in [1.82, 2.24) is 14.8 Å². The van der Waals surface area contributed by atoms with Crippen molar-refractivity contribution in [2.24, 2.45) is 0 Å². The summed E-state index contributed by atoms with van der Waals surface area (Å²) in [6.07, 6.45) is 4.59. The average molecular weight is 392 g/mol. The van der Waals surface area contributed by atoms with E-state index in [1.54, 1.807) is 24.4 Å². The largest absolute Gasteiger partial charge is 0.274 e.